The Morgan fingerprint density at radius 2 is 1.82 bits per heavy atom. The quantitative estimate of drug-likeness (QED) is 0.774. The van der Waals surface area contributed by atoms with Gasteiger partial charge < -0.3 is 10.6 Å². The van der Waals surface area contributed by atoms with E-state index in [1.165, 1.54) is 6.20 Å². The zero-order valence-corrected chi connectivity index (χ0v) is 13.8. The molecule has 0 bridgehead atoms. The highest BCUT2D eigenvalue weighted by Gasteiger charge is 2.08. The Morgan fingerprint density at radius 1 is 1.09 bits per heavy atom. The van der Waals surface area contributed by atoms with Gasteiger partial charge in [-0.15, -0.1) is 0 Å². The van der Waals surface area contributed by atoms with Crippen LogP contribution in [-0.2, 0) is 0 Å². The van der Waals surface area contributed by atoms with Gasteiger partial charge in [0.1, 0.15) is 0 Å². The molecule has 0 aliphatic carbocycles. The lowest BCUT2D eigenvalue weighted by Gasteiger charge is -2.11. The molecule has 0 spiro atoms. The van der Waals surface area contributed by atoms with Crippen molar-refractivity contribution in [2.45, 2.75) is 13.8 Å². The van der Waals surface area contributed by atoms with Crippen LogP contribution in [0.2, 0.25) is 10.0 Å². The Hall–Kier alpha value is -1.97. The van der Waals surface area contributed by atoms with Crippen LogP contribution >= 0.6 is 23.2 Å². The molecule has 2 N–H and O–H groups in total. The minimum Gasteiger partial charge on any atom is -0.314 e. The van der Waals surface area contributed by atoms with Crippen molar-refractivity contribution in [3.63, 3.8) is 0 Å². The third kappa shape index (κ3) is 4.26. The van der Waals surface area contributed by atoms with Crippen molar-refractivity contribution in [1.29, 1.82) is 0 Å². The van der Waals surface area contributed by atoms with Crippen molar-refractivity contribution in [3.05, 3.63) is 69.3 Å². The lowest BCUT2D eigenvalue weighted by atomic mass is 10.1. The van der Waals surface area contributed by atoms with E-state index in [4.69, 9.17) is 23.2 Å². The van der Waals surface area contributed by atoms with Crippen molar-refractivity contribution in [3.8, 4) is 0 Å². The van der Waals surface area contributed by atoms with E-state index in [0.29, 0.717) is 15.7 Å². The van der Waals surface area contributed by atoms with E-state index in [0.717, 1.165) is 16.7 Å². The lowest BCUT2D eigenvalue weighted by Crippen LogP contribution is -2.24. The van der Waals surface area contributed by atoms with E-state index >= 15 is 0 Å². The number of anilines is 1. The highest BCUT2D eigenvalue weighted by Crippen LogP contribution is 2.27. The molecule has 0 radical (unpaired) electrons. The summed E-state index contributed by atoms with van der Waals surface area (Å²) in [6.07, 6.45) is 3.26. The zero-order chi connectivity index (χ0) is 16.1. The minimum absolute atomic E-state index is 0.364. The summed E-state index contributed by atoms with van der Waals surface area (Å²) in [4.78, 5) is 11.9. The highest BCUT2D eigenvalue weighted by atomic mass is 35.5. The topological polar surface area (TPSA) is 41.1 Å². The first-order valence-electron chi connectivity index (χ1n) is 6.72. The molecule has 2 amide bonds. The van der Waals surface area contributed by atoms with Crippen LogP contribution in [0.1, 0.15) is 16.7 Å². The number of hydrogen-bond donors (Lipinski definition) is 2. The van der Waals surface area contributed by atoms with Crippen molar-refractivity contribution >= 4 is 41.0 Å². The Balaban J connectivity index is 2.01. The van der Waals surface area contributed by atoms with E-state index in [1.807, 2.05) is 44.2 Å². The van der Waals surface area contributed by atoms with Gasteiger partial charge in [0.15, 0.2) is 0 Å². The van der Waals surface area contributed by atoms with Crippen LogP contribution in [0.3, 0.4) is 0 Å². The number of halogens is 2. The predicted octanol–water partition coefficient (Wildman–Crippen LogP) is 5.40. The molecular weight excluding hydrogens is 319 g/mol. The molecule has 22 heavy (non-hydrogen) atoms. The van der Waals surface area contributed by atoms with Gasteiger partial charge in [-0.3, -0.25) is 0 Å². The summed E-state index contributed by atoms with van der Waals surface area (Å²) in [6.45, 7) is 3.85. The normalized spacial score (nSPS) is 10.7. The number of aryl methyl sites for hydroxylation is 2. The summed E-state index contributed by atoms with van der Waals surface area (Å²) in [5.41, 5.74) is 3.40. The molecule has 3 nitrogen and oxygen atoms in total. The van der Waals surface area contributed by atoms with E-state index in [2.05, 4.69) is 10.6 Å². The molecule has 0 aromatic heterocycles. The number of nitrogens with one attached hydrogen (secondary N) is 2. The molecule has 0 saturated heterocycles. The fourth-order valence-corrected chi connectivity index (χ4v) is 2.61. The fourth-order valence-electron chi connectivity index (χ4n) is 2.04. The van der Waals surface area contributed by atoms with Crippen molar-refractivity contribution < 1.29 is 4.79 Å². The SMILES string of the molecule is Cc1cc(C)c(NC(=O)N/C=C/c2ccccc2Cl)c(Cl)c1. The zero-order valence-electron chi connectivity index (χ0n) is 12.3. The van der Waals surface area contributed by atoms with Crippen LogP contribution in [0.25, 0.3) is 6.08 Å². The van der Waals surface area contributed by atoms with Gasteiger partial charge in [-0.25, -0.2) is 4.79 Å². The second-order valence-corrected chi connectivity index (χ2v) is 5.71. The lowest BCUT2D eigenvalue weighted by molar-refractivity contribution is 0.255. The van der Waals surface area contributed by atoms with Gasteiger partial charge in [-0.05, 0) is 48.7 Å². The maximum Gasteiger partial charge on any atom is 0.323 e. The molecule has 2 aromatic carbocycles. The van der Waals surface area contributed by atoms with E-state index in [1.54, 1.807) is 12.1 Å². The molecule has 5 heteroatoms. The molecule has 0 saturated carbocycles. The summed E-state index contributed by atoms with van der Waals surface area (Å²) in [6, 6.07) is 10.8. The molecule has 2 aromatic rings. The fraction of sp³-hybridized carbons (Fsp3) is 0.118. The molecule has 0 atom stereocenters. The van der Waals surface area contributed by atoms with Crippen LogP contribution in [0.5, 0.6) is 0 Å². The Morgan fingerprint density at radius 3 is 2.50 bits per heavy atom. The van der Waals surface area contributed by atoms with Gasteiger partial charge in [-0.2, -0.15) is 0 Å². The number of amides is 2. The Kier molecular flexibility index (Phi) is 5.47. The van der Waals surface area contributed by atoms with Crippen LogP contribution in [0.4, 0.5) is 10.5 Å². The molecule has 0 fully saturated rings. The van der Waals surface area contributed by atoms with Gasteiger partial charge in [-0.1, -0.05) is 47.5 Å². The number of rotatable bonds is 3. The summed E-state index contributed by atoms with van der Waals surface area (Å²) >= 11 is 12.2. The average Bonchev–Trinajstić information content (AvgIpc) is 2.45. The molecule has 0 unspecified atom stereocenters. The average molecular weight is 335 g/mol. The number of carbonyl (C=O) groups is 1. The summed E-state index contributed by atoms with van der Waals surface area (Å²) in [5.74, 6) is 0. The summed E-state index contributed by atoms with van der Waals surface area (Å²) < 4.78 is 0. The number of benzene rings is 2. The number of urea groups is 1. The first kappa shape index (κ1) is 16.4. The number of hydrogen-bond acceptors (Lipinski definition) is 1. The summed E-state index contributed by atoms with van der Waals surface area (Å²) in [5, 5.41) is 6.51. The van der Waals surface area contributed by atoms with Crippen LogP contribution in [-0.4, -0.2) is 6.03 Å². The monoisotopic (exact) mass is 334 g/mol. The van der Waals surface area contributed by atoms with Crippen molar-refractivity contribution in [2.24, 2.45) is 0 Å². The van der Waals surface area contributed by atoms with Gasteiger partial charge >= 0.3 is 6.03 Å². The standard InChI is InChI=1S/C17H16Cl2N2O/c1-11-9-12(2)16(15(19)10-11)21-17(22)20-8-7-13-5-3-4-6-14(13)18/h3-10H,1-2H3,(H2,20,21,22)/b8-7+. The van der Waals surface area contributed by atoms with Gasteiger partial charge in [0.2, 0.25) is 0 Å². The molecule has 2 rings (SSSR count). The van der Waals surface area contributed by atoms with Gasteiger partial charge in [0.25, 0.3) is 0 Å². The third-order valence-corrected chi connectivity index (χ3v) is 3.70. The molecule has 114 valence electrons. The van der Waals surface area contributed by atoms with Gasteiger partial charge in [0.05, 0.1) is 10.7 Å². The van der Waals surface area contributed by atoms with Crippen LogP contribution < -0.4 is 10.6 Å². The van der Waals surface area contributed by atoms with Crippen LogP contribution in [0, 0.1) is 13.8 Å². The smallest absolute Gasteiger partial charge is 0.314 e. The third-order valence-electron chi connectivity index (χ3n) is 3.05. The molecule has 0 aliphatic rings. The second kappa shape index (κ2) is 7.34. The molecule has 0 heterocycles. The van der Waals surface area contributed by atoms with E-state index < -0.39 is 0 Å². The van der Waals surface area contributed by atoms with E-state index in [9.17, 15) is 4.79 Å². The predicted molar refractivity (Wildman–Crippen MR) is 93.6 cm³/mol. The first-order valence-corrected chi connectivity index (χ1v) is 7.48. The maximum atomic E-state index is 11.9. The highest BCUT2D eigenvalue weighted by molar-refractivity contribution is 6.34. The van der Waals surface area contributed by atoms with E-state index in [-0.39, 0.29) is 6.03 Å². The Labute approximate surface area is 139 Å². The molecular formula is C17H16Cl2N2O. The van der Waals surface area contributed by atoms with Crippen LogP contribution in [0.15, 0.2) is 42.6 Å². The largest absolute Gasteiger partial charge is 0.323 e. The van der Waals surface area contributed by atoms with Gasteiger partial charge in [0, 0.05) is 11.2 Å². The molecule has 0 aliphatic heterocycles. The second-order valence-electron chi connectivity index (χ2n) is 4.89. The van der Waals surface area contributed by atoms with Crippen molar-refractivity contribution in [1.82, 2.24) is 5.32 Å². The first-order chi connectivity index (χ1) is 10.5. The minimum atomic E-state index is -0.364. The summed E-state index contributed by atoms with van der Waals surface area (Å²) in [7, 11) is 0. The number of carbonyl (C=O) groups excluding carboxylic acids is 1. The maximum absolute atomic E-state index is 11.9. The Bertz CT molecular complexity index is 703. The van der Waals surface area contributed by atoms with Crippen molar-refractivity contribution in [2.75, 3.05) is 5.32 Å².